The first-order chi connectivity index (χ1) is 15.1. The van der Waals surface area contributed by atoms with Crippen molar-refractivity contribution in [3.8, 4) is 5.75 Å². The fraction of sp³-hybridized carbons (Fsp3) is 0.261. The summed E-state index contributed by atoms with van der Waals surface area (Å²) < 4.78 is 43.5. The zero-order chi connectivity index (χ0) is 23.3. The fourth-order valence-electron chi connectivity index (χ4n) is 3.51. The van der Waals surface area contributed by atoms with Crippen molar-refractivity contribution in [2.24, 2.45) is 12.2 Å². The molecule has 0 saturated carbocycles. The van der Waals surface area contributed by atoms with Crippen LogP contribution in [-0.2, 0) is 13.5 Å². The third kappa shape index (κ3) is 6.53. The number of hydrogen-bond donors (Lipinski definition) is 0. The van der Waals surface area contributed by atoms with Crippen LogP contribution < -0.4 is 10.3 Å². The van der Waals surface area contributed by atoms with Gasteiger partial charge in [0.05, 0.1) is 0 Å². The van der Waals surface area contributed by atoms with Gasteiger partial charge >= 0.3 is 6.36 Å². The molecule has 32 heavy (non-hydrogen) atoms. The highest BCUT2D eigenvalue weighted by molar-refractivity contribution is 9.10. The summed E-state index contributed by atoms with van der Waals surface area (Å²) >= 11 is 3.40. The Morgan fingerprint density at radius 2 is 1.62 bits per heavy atom. The van der Waals surface area contributed by atoms with Gasteiger partial charge in [-0.3, -0.25) is 4.79 Å². The van der Waals surface area contributed by atoms with Crippen LogP contribution in [0.25, 0.3) is 0 Å². The molecule has 3 aromatic rings. The van der Waals surface area contributed by atoms with Crippen molar-refractivity contribution < 1.29 is 17.9 Å². The number of nitrogens with zero attached hydrogens (tertiary/aromatic N) is 2. The Balaban J connectivity index is 1.86. The van der Waals surface area contributed by atoms with Crippen molar-refractivity contribution in [2.75, 3.05) is 0 Å². The minimum atomic E-state index is -4.75. The first-order valence-electron chi connectivity index (χ1n) is 9.74. The summed E-state index contributed by atoms with van der Waals surface area (Å²) in [6, 6.07) is 15.6. The van der Waals surface area contributed by atoms with Gasteiger partial charge in [-0.2, -0.15) is 4.91 Å². The molecular weight excluding hydrogens is 489 g/mol. The Morgan fingerprint density at radius 3 is 2.19 bits per heavy atom. The highest BCUT2D eigenvalue weighted by Crippen LogP contribution is 2.34. The lowest BCUT2D eigenvalue weighted by Crippen LogP contribution is -2.17. The van der Waals surface area contributed by atoms with Gasteiger partial charge in [0.2, 0.25) is 5.56 Å². The van der Waals surface area contributed by atoms with Gasteiger partial charge < -0.3 is 9.30 Å². The molecule has 2 atom stereocenters. The fourth-order valence-corrected chi connectivity index (χ4v) is 3.77. The minimum absolute atomic E-state index is 0.141. The van der Waals surface area contributed by atoms with Crippen molar-refractivity contribution in [2.45, 2.75) is 31.2 Å². The second kappa shape index (κ2) is 10.1. The summed E-state index contributed by atoms with van der Waals surface area (Å²) in [6.45, 7) is 0. The zero-order valence-corrected chi connectivity index (χ0v) is 18.6. The van der Waals surface area contributed by atoms with Gasteiger partial charge in [-0.25, -0.2) is 0 Å². The van der Waals surface area contributed by atoms with E-state index in [1.165, 1.54) is 22.8 Å². The summed E-state index contributed by atoms with van der Waals surface area (Å²) in [4.78, 5) is 23.4. The van der Waals surface area contributed by atoms with Gasteiger partial charge in [0.15, 0.2) is 0 Å². The van der Waals surface area contributed by atoms with E-state index in [0.29, 0.717) is 18.4 Å². The number of rotatable bonds is 8. The number of ether oxygens (including phenoxy) is 1. The Kier molecular flexibility index (Phi) is 7.50. The van der Waals surface area contributed by atoms with Crippen molar-refractivity contribution >= 4 is 15.9 Å². The third-order valence-corrected chi connectivity index (χ3v) is 5.64. The van der Waals surface area contributed by atoms with E-state index >= 15 is 0 Å². The zero-order valence-electron chi connectivity index (χ0n) is 17.1. The number of benzene rings is 2. The van der Waals surface area contributed by atoms with Gasteiger partial charge in [0.1, 0.15) is 11.8 Å². The molecule has 0 saturated heterocycles. The van der Waals surface area contributed by atoms with Crippen LogP contribution >= 0.6 is 15.9 Å². The Morgan fingerprint density at radius 1 is 1.00 bits per heavy atom. The lowest BCUT2D eigenvalue weighted by molar-refractivity contribution is -0.274. The molecule has 1 aromatic heterocycles. The molecule has 0 amide bonds. The molecule has 0 bridgehead atoms. The monoisotopic (exact) mass is 508 g/mol. The molecule has 0 N–H and O–H groups in total. The topological polar surface area (TPSA) is 60.7 Å². The molecule has 2 aromatic carbocycles. The van der Waals surface area contributed by atoms with Crippen LogP contribution in [0.15, 0.2) is 81.3 Å². The van der Waals surface area contributed by atoms with Gasteiger partial charge in [-0.1, -0.05) is 45.4 Å². The molecule has 0 spiro atoms. The van der Waals surface area contributed by atoms with E-state index in [9.17, 15) is 22.9 Å². The highest BCUT2D eigenvalue weighted by Gasteiger charge is 2.31. The highest BCUT2D eigenvalue weighted by atomic mass is 79.9. The molecule has 0 aliphatic heterocycles. The maximum atomic E-state index is 12.4. The first-order valence-corrected chi connectivity index (χ1v) is 10.5. The Bertz CT molecular complexity index is 1110. The summed E-state index contributed by atoms with van der Waals surface area (Å²) in [7, 11) is 1.60. The molecular formula is C23H20BrF3N2O3. The predicted molar refractivity (Wildman–Crippen MR) is 119 cm³/mol. The smallest absolute Gasteiger partial charge is 0.406 e. The number of alkyl halides is 3. The number of aromatic nitrogens is 1. The second-order valence-electron chi connectivity index (χ2n) is 7.41. The molecule has 0 fully saturated rings. The van der Waals surface area contributed by atoms with Crippen LogP contribution in [0.2, 0.25) is 0 Å². The second-order valence-corrected chi connectivity index (χ2v) is 8.33. The van der Waals surface area contributed by atoms with E-state index in [1.807, 2.05) is 24.3 Å². The van der Waals surface area contributed by atoms with Crippen LogP contribution in [0, 0.1) is 4.91 Å². The molecule has 5 nitrogen and oxygen atoms in total. The largest absolute Gasteiger partial charge is 0.573 e. The van der Waals surface area contributed by atoms with Crippen molar-refractivity contribution in [1.82, 2.24) is 4.57 Å². The number of hydrogen-bond acceptors (Lipinski definition) is 4. The molecule has 0 aliphatic carbocycles. The van der Waals surface area contributed by atoms with Crippen molar-refractivity contribution in [1.29, 1.82) is 0 Å². The number of nitroso groups, excluding NO2 is 1. The third-order valence-electron chi connectivity index (χ3n) is 5.11. The normalized spacial score (nSPS) is 13.4. The van der Waals surface area contributed by atoms with Crippen LogP contribution in [0.5, 0.6) is 5.75 Å². The number of aryl methyl sites for hydroxylation is 1. The molecule has 168 valence electrons. The van der Waals surface area contributed by atoms with Crippen molar-refractivity contribution in [3.05, 3.63) is 103 Å². The summed E-state index contributed by atoms with van der Waals surface area (Å²) in [5.41, 5.74) is 2.18. The molecule has 9 heteroatoms. The summed E-state index contributed by atoms with van der Waals surface area (Å²) in [5, 5.41) is 3.29. The van der Waals surface area contributed by atoms with Gasteiger partial charge in [0, 0.05) is 23.8 Å². The van der Waals surface area contributed by atoms with Gasteiger partial charge in [-0.05, 0) is 65.8 Å². The molecule has 0 aliphatic rings. The average Bonchev–Trinajstić information content (AvgIpc) is 2.74. The van der Waals surface area contributed by atoms with Crippen LogP contribution in [0.3, 0.4) is 0 Å². The van der Waals surface area contributed by atoms with E-state index < -0.39 is 12.4 Å². The first kappa shape index (κ1) is 23.7. The van der Waals surface area contributed by atoms with E-state index in [1.54, 1.807) is 31.4 Å². The lowest BCUT2D eigenvalue weighted by atomic mass is 9.85. The summed E-state index contributed by atoms with van der Waals surface area (Å²) in [5.74, 6) is -0.434. The number of pyridine rings is 1. The quantitative estimate of drug-likeness (QED) is 0.337. The van der Waals surface area contributed by atoms with E-state index in [0.717, 1.165) is 15.6 Å². The SMILES string of the molecule is Cn1cc(C(CC(Cc2ccc(OC(F)(F)F)cc2)c2ccc(Br)cc2)N=O)ccc1=O. The predicted octanol–water partition coefficient (Wildman–Crippen LogP) is 6.27. The molecule has 3 rings (SSSR count). The van der Waals surface area contributed by atoms with Crippen LogP contribution in [-0.4, -0.2) is 10.9 Å². The minimum Gasteiger partial charge on any atom is -0.406 e. The maximum Gasteiger partial charge on any atom is 0.573 e. The van der Waals surface area contributed by atoms with Gasteiger partial charge in [-0.15, -0.1) is 13.2 Å². The van der Waals surface area contributed by atoms with Crippen LogP contribution in [0.1, 0.15) is 35.1 Å². The van der Waals surface area contributed by atoms with Gasteiger partial charge in [0.25, 0.3) is 0 Å². The summed E-state index contributed by atoms with van der Waals surface area (Å²) in [6.07, 6.45) is -2.31. The Hall–Kier alpha value is -2.94. The van der Waals surface area contributed by atoms with Crippen molar-refractivity contribution in [3.63, 3.8) is 0 Å². The van der Waals surface area contributed by atoms with E-state index in [-0.39, 0.29) is 17.2 Å². The standard InChI is InChI=1S/C23H20BrF3N2O3/c1-29-14-17(6-11-22(29)30)21(28-31)13-18(16-4-7-19(24)8-5-16)12-15-2-9-20(10-3-15)32-23(25,26)27/h2-11,14,18,21H,12-13H2,1H3. The lowest BCUT2D eigenvalue weighted by Gasteiger charge is -2.21. The van der Waals surface area contributed by atoms with E-state index in [2.05, 4.69) is 25.8 Å². The molecule has 0 radical (unpaired) electrons. The Labute approximate surface area is 190 Å². The average molecular weight is 509 g/mol. The molecule has 2 unspecified atom stereocenters. The van der Waals surface area contributed by atoms with Crippen LogP contribution in [0.4, 0.5) is 13.2 Å². The number of halogens is 4. The van der Waals surface area contributed by atoms with E-state index in [4.69, 9.17) is 0 Å². The maximum absolute atomic E-state index is 12.4. The molecule has 1 heterocycles.